The minimum absolute atomic E-state index is 0.0516. The average molecular weight is 360 g/mol. The Balaban J connectivity index is 2.13. The molecule has 0 saturated carbocycles. The molecule has 1 saturated heterocycles. The maximum absolute atomic E-state index is 12.6. The van der Waals surface area contributed by atoms with Gasteiger partial charge < -0.3 is 14.4 Å². The molecule has 1 heterocycles. The van der Waals surface area contributed by atoms with Crippen molar-refractivity contribution in [2.75, 3.05) is 31.6 Å². The summed E-state index contributed by atoms with van der Waals surface area (Å²) in [7, 11) is 1.30. The van der Waals surface area contributed by atoms with Crippen LogP contribution < -0.4 is 4.90 Å². The van der Waals surface area contributed by atoms with E-state index in [0.717, 1.165) is 5.56 Å². The largest absolute Gasteiger partial charge is 0.466 e. The van der Waals surface area contributed by atoms with Crippen molar-refractivity contribution in [1.29, 1.82) is 0 Å². The van der Waals surface area contributed by atoms with Gasteiger partial charge in [0.05, 0.1) is 12.8 Å². The Bertz CT molecular complexity index is 721. The van der Waals surface area contributed by atoms with Gasteiger partial charge in [0.1, 0.15) is 12.1 Å². The molecule has 26 heavy (non-hydrogen) atoms. The highest BCUT2D eigenvalue weighted by Gasteiger charge is 2.31. The van der Waals surface area contributed by atoms with Crippen LogP contribution in [0, 0.1) is 0 Å². The normalized spacial score (nSPS) is 15.3. The second-order valence-electron chi connectivity index (χ2n) is 6.86. The molecule has 7 nitrogen and oxygen atoms in total. The Hall–Kier alpha value is -2.83. The number of nitrogens with zero attached hydrogens (tertiary/aromatic N) is 2. The maximum Gasteiger partial charge on any atom is 0.410 e. The average Bonchev–Trinajstić information content (AvgIpc) is 2.58. The minimum atomic E-state index is -0.609. The van der Waals surface area contributed by atoms with Gasteiger partial charge in [-0.25, -0.2) is 9.59 Å². The zero-order valence-corrected chi connectivity index (χ0v) is 15.5. The van der Waals surface area contributed by atoms with Crippen LogP contribution in [0.25, 0.3) is 6.08 Å². The molecule has 0 bridgehead atoms. The van der Waals surface area contributed by atoms with Crippen molar-refractivity contribution in [3.63, 3.8) is 0 Å². The molecule has 1 aliphatic heterocycles. The monoisotopic (exact) mass is 360 g/mol. The van der Waals surface area contributed by atoms with Gasteiger partial charge in [-0.1, -0.05) is 18.2 Å². The van der Waals surface area contributed by atoms with E-state index in [1.54, 1.807) is 37.8 Å². The number of anilines is 1. The topological polar surface area (TPSA) is 76.2 Å². The molecule has 0 radical (unpaired) electrons. The van der Waals surface area contributed by atoms with Crippen LogP contribution in [0.3, 0.4) is 0 Å². The number of carbonyl (C=O) groups is 3. The fraction of sp³-hybridized carbons (Fsp3) is 0.421. The molecule has 1 aromatic rings. The summed E-state index contributed by atoms with van der Waals surface area (Å²) in [6.45, 7) is 6.02. The third-order valence-corrected chi connectivity index (χ3v) is 3.70. The number of hydrogen-bond acceptors (Lipinski definition) is 5. The zero-order valence-electron chi connectivity index (χ0n) is 15.5. The van der Waals surface area contributed by atoms with Crippen LogP contribution in [0.15, 0.2) is 30.3 Å². The van der Waals surface area contributed by atoms with Crippen LogP contribution in [0.4, 0.5) is 10.5 Å². The van der Waals surface area contributed by atoms with E-state index < -0.39 is 17.7 Å². The number of amides is 2. The number of methoxy groups -OCH3 is 1. The van der Waals surface area contributed by atoms with Gasteiger partial charge in [0.25, 0.3) is 0 Å². The summed E-state index contributed by atoms with van der Waals surface area (Å²) >= 11 is 0. The van der Waals surface area contributed by atoms with Gasteiger partial charge in [0.2, 0.25) is 5.91 Å². The second kappa shape index (κ2) is 8.03. The van der Waals surface area contributed by atoms with Crippen LogP contribution >= 0.6 is 0 Å². The van der Waals surface area contributed by atoms with Crippen LogP contribution in [-0.4, -0.2) is 55.2 Å². The Kier molecular flexibility index (Phi) is 6.02. The van der Waals surface area contributed by atoms with E-state index in [0.29, 0.717) is 18.8 Å². The fourth-order valence-corrected chi connectivity index (χ4v) is 2.51. The van der Waals surface area contributed by atoms with Gasteiger partial charge >= 0.3 is 12.1 Å². The summed E-state index contributed by atoms with van der Waals surface area (Å²) in [5.74, 6) is -0.679. The van der Waals surface area contributed by atoms with Crippen LogP contribution in [0.2, 0.25) is 0 Å². The predicted molar refractivity (Wildman–Crippen MR) is 97.7 cm³/mol. The number of hydrogen-bond donors (Lipinski definition) is 0. The zero-order chi connectivity index (χ0) is 19.3. The van der Waals surface area contributed by atoms with Crippen molar-refractivity contribution in [3.05, 3.63) is 35.9 Å². The van der Waals surface area contributed by atoms with E-state index in [1.165, 1.54) is 18.1 Å². The van der Waals surface area contributed by atoms with Gasteiger partial charge in [-0.05, 0) is 38.5 Å². The van der Waals surface area contributed by atoms with E-state index in [1.807, 2.05) is 18.2 Å². The van der Waals surface area contributed by atoms with Gasteiger partial charge in [-0.3, -0.25) is 9.69 Å². The van der Waals surface area contributed by atoms with Crippen molar-refractivity contribution in [2.45, 2.75) is 26.4 Å². The smallest absolute Gasteiger partial charge is 0.410 e. The highest BCUT2D eigenvalue weighted by molar-refractivity contribution is 5.99. The number of para-hydroxylation sites is 1. The minimum Gasteiger partial charge on any atom is -0.466 e. The SMILES string of the molecule is COC(=O)/C=C/c1ccccc1N1CCN(C(=O)OC(C)(C)C)CC1=O. The van der Waals surface area contributed by atoms with Gasteiger partial charge in [-0.15, -0.1) is 0 Å². The first kappa shape index (κ1) is 19.5. The third kappa shape index (κ3) is 5.08. The number of benzene rings is 1. The Morgan fingerprint density at radius 1 is 1.15 bits per heavy atom. The maximum atomic E-state index is 12.6. The van der Waals surface area contributed by atoms with Crippen LogP contribution in [0.1, 0.15) is 26.3 Å². The molecule has 1 fully saturated rings. The molecule has 0 unspecified atom stereocenters. The lowest BCUT2D eigenvalue weighted by molar-refractivity contribution is -0.134. The summed E-state index contributed by atoms with van der Waals surface area (Å²) in [5.41, 5.74) is 0.793. The lowest BCUT2D eigenvalue weighted by Gasteiger charge is -2.35. The lowest BCUT2D eigenvalue weighted by atomic mass is 10.1. The summed E-state index contributed by atoms with van der Waals surface area (Å²) in [6, 6.07) is 7.25. The van der Waals surface area contributed by atoms with E-state index >= 15 is 0 Å². The van der Waals surface area contributed by atoms with Crippen molar-refractivity contribution in [3.8, 4) is 0 Å². The molecule has 1 aliphatic rings. The summed E-state index contributed by atoms with van der Waals surface area (Å²) in [5, 5.41) is 0. The second-order valence-corrected chi connectivity index (χ2v) is 6.86. The molecule has 1 aromatic carbocycles. The summed E-state index contributed by atoms with van der Waals surface area (Å²) in [6.07, 6.45) is 2.42. The number of esters is 1. The first-order valence-electron chi connectivity index (χ1n) is 8.34. The van der Waals surface area contributed by atoms with E-state index in [4.69, 9.17) is 4.74 Å². The molecular formula is C19H24N2O5. The Morgan fingerprint density at radius 2 is 1.85 bits per heavy atom. The number of ether oxygens (including phenoxy) is 2. The standard InChI is InChI=1S/C19H24N2O5/c1-19(2,3)26-18(24)20-11-12-21(16(22)13-20)15-8-6-5-7-14(15)9-10-17(23)25-4/h5-10H,11-13H2,1-4H3/b10-9+. The van der Waals surface area contributed by atoms with Crippen molar-refractivity contribution < 1.29 is 23.9 Å². The quantitative estimate of drug-likeness (QED) is 0.611. The van der Waals surface area contributed by atoms with Crippen LogP contribution in [0.5, 0.6) is 0 Å². The number of rotatable bonds is 3. The van der Waals surface area contributed by atoms with E-state index in [-0.39, 0.29) is 12.5 Å². The molecule has 0 atom stereocenters. The predicted octanol–water partition coefficient (Wildman–Crippen LogP) is 2.46. The highest BCUT2D eigenvalue weighted by atomic mass is 16.6. The molecule has 0 aromatic heterocycles. The molecule has 2 amide bonds. The molecule has 140 valence electrons. The first-order chi connectivity index (χ1) is 12.2. The van der Waals surface area contributed by atoms with Gasteiger partial charge in [0.15, 0.2) is 0 Å². The molecule has 0 aliphatic carbocycles. The Labute approximate surface area is 153 Å². The first-order valence-corrected chi connectivity index (χ1v) is 8.34. The lowest BCUT2D eigenvalue weighted by Crippen LogP contribution is -2.53. The van der Waals surface area contributed by atoms with Gasteiger partial charge in [0, 0.05) is 19.2 Å². The van der Waals surface area contributed by atoms with E-state index in [9.17, 15) is 14.4 Å². The fourth-order valence-electron chi connectivity index (χ4n) is 2.51. The summed E-state index contributed by atoms with van der Waals surface area (Å²) in [4.78, 5) is 39.1. The van der Waals surface area contributed by atoms with Crippen molar-refractivity contribution in [1.82, 2.24) is 4.90 Å². The molecule has 0 spiro atoms. The van der Waals surface area contributed by atoms with Crippen molar-refractivity contribution >= 4 is 29.7 Å². The molecule has 7 heteroatoms. The molecule has 0 N–H and O–H groups in total. The summed E-state index contributed by atoms with van der Waals surface area (Å²) < 4.78 is 9.92. The third-order valence-electron chi connectivity index (χ3n) is 3.70. The van der Waals surface area contributed by atoms with E-state index in [2.05, 4.69) is 4.74 Å². The Morgan fingerprint density at radius 3 is 2.46 bits per heavy atom. The molecular weight excluding hydrogens is 336 g/mol. The number of carbonyl (C=O) groups excluding carboxylic acids is 3. The van der Waals surface area contributed by atoms with Gasteiger partial charge in [-0.2, -0.15) is 0 Å². The number of piperazine rings is 1. The van der Waals surface area contributed by atoms with Crippen LogP contribution in [-0.2, 0) is 19.1 Å². The van der Waals surface area contributed by atoms with Crippen molar-refractivity contribution in [2.24, 2.45) is 0 Å². The molecule has 2 rings (SSSR count). The highest BCUT2D eigenvalue weighted by Crippen LogP contribution is 2.24.